The summed E-state index contributed by atoms with van der Waals surface area (Å²) in [6, 6.07) is 15.3. The molecule has 4 N–H and O–H groups in total. The summed E-state index contributed by atoms with van der Waals surface area (Å²) in [4.78, 5) is 1.05. The van der Waals surface area contributed by atoms with Crippen molar-refractivity contribution in [1.82, 2.24) is 0 Å². The van der Waals surface area contributed by atoms with E-state index in [1.807, 2.05) is 35.7 Å². The van der Waals surface area contributed by atoms with E-state index in [0.29, 0.717) is 0 Å². The number of hydrogen-bond donors (Lipinski definition) is 3. The Hall–Kier alpha value is -2.79. The van der Waals surface area contributed by atoms with Gasteiger partial charge in [-0.25, -0.2) is 0 Å². The topological polar surface area (TPSA) is 78.8 Å². The molecule has 0 radical (unpaired) electrons. The molecular weight excluding hydrogens is 332 g/mol. The smallest absolute Gasteiger partial charge is 0.170 e. The lowest BCUT2D eigenvalue weighted by Gasteiger charge is -2.16. The second-order valence-electron chi connectivity index (χ2n) is 5.83. The maximum Gasteiger partial charge on any atom is 0.170 e. The predicted molar refractivity (Wildman–Crippen MR) is 103 cm³/mol. The van der Waals surface area contributed by atoms with Crippen molar-refractivity contribution in [3.63, 3.8) is 0 Å². The normalized spacial score (nSPS) is 11.6. The van der Waals surface area contributed by atoms with Crippen LogP contribution < -0.4 is 5.73 Å². The van der Waals surface area contributed by atoms with Crippen LogP contribution in [0.15, 0.2) is 59.1 Å². The zero-order valence-corrected chi connectivity index (χ0v) is 14.8. The van der Waals surface area contributed by atoms with Gasteiger partial charge in [0, 0.05) is 16.0 Å². The molecule has 4 nitrogen and oxygen atoms in total. The average Bonchev–Trinajstić information content (AvgIpc) is 3.15. The third kappa shape index (κ3) is 3.51. The number of amidine groups is 1. The molecule has 3 aromatic rings. The second kappa shape index (κ2) is 7.40. The summed E-state index contributed by atoms with van der Waals surface area (Å²) in [7, 11) is 0. The van der Waals surface area contributed by atoms with E-state index in [2.05, 4.69) is 18.1 Å². The maximum absolute atomic E-state index is 9.61. The fourth-order valence-corrected chi connectivity index (χ4v) is 3.74. The van der Waals surface area contributed by atoms with Crippen molar-refractivity contribution in [1.29, 1.82) is 0 Å². The molecule has 0 saturated heterocycles. The van der Waals surface area contributed by atoms with E-state index in [1.54, 1.807) is 23.5 Å². The molecule has 0 aliphatic rings. The van der Waals surface area contributed by atoms with Crippen molar-refractivity contribution in [2.45, 2.75) is 19.8 Å². The number of oxime groups is 1. The molecule has 2 aromatic carbocycles. The van der Waals surface area contributed by atoms with Gasteiger partial charge in [-0.15, -0.1) is 11.3 Å². The predicted octanol–water partition coefficient (Wildman–Crippen LogP) is 4.83. The SMILES string of the molecule is CCCc1cc(C(N)=NO)c(-c2cccs2)c(-c2ccc(O)cc2)c1. The van der Waals surface area contributed by atoms with Gasteiger partial charge in [0.25, 0.3) is 0 Å². The molecule has 1 heterocycles. The van der Waals surface area contributed by atoms with Crippen LogP contribution in [0.2, 0.25) is 0 Å². The van der Waals surface area contributed by atoms with Gasteiger partial charge in [-0.05, 0) is 52.8 Å². The monoisotopic (exact) mass is 352 g/mol. The molecule has 0 unspecified atom stereocenters. The van der Waals surface area contributed by atoms with E-state index < -0.39 is 0 Å². The van der Waals surface area contributed by atoms with Crippen LogP contribution in [0.4, 0.5) is 0 Å². The van der Waals surface area contributed by atoms with E-state index in [4.69, 9.17) is 5.73 Å². The number of rotatable bonds is 5. The Morgan fingerprint density at radius 3 is 2.52 bits per heavy atom. The lowest BCUT2D eigenvalue weighted by atomic mass is 9.90. The van der Waals surface area contributed by atoms with Gasteiger partial charge in [0.2, 0.25) is 0 Å². The standard InChI is InChI=1S/C20H20N2O2S/c1-2-4-13-11-16(14-6-8-15(23)9-7-14)19(18-5-3-10-25-18)17(12-13)20(21)22-24/h3,5-12,23-24H,2,4H2,1H3,(H2,21,22). The first kappa shape index (κ1) is 17.0. The number of benzene rings is 2. The van der Waals surface area contributed by atoms with Crippen LogP contribution in [-0.4, -0.2) is 16.1 Å². The van der Waals surface area contributed by atoms with E-state index in [0.717, 1.165) is 45.5 Å². The molecule has 0 atom stereocenters. The molecule has 3 rings (SSSR count). The Balaban J connectivity index is 2.33. The number of nitrogens with two attached hydrogens (primary N) is 1. The number of thiophene rings is 1. The van der Waals surface area contributed by atoms with Gasteiger partial charge in [0.05, 0.1) is 0 Å². The Kier molecular flexibility index (Phi) is 5.05. The number of hydrogen-bond acceptors (Lipinski definition) is 4. The lowest BCUT2D eigenvalue weighted by molar-refractivity contribution is 0.318. The van der Waals surface area contributed by atoms with Crippen molar-refractivity contribution in [2.75, 3.05) is 0 Å². The van der Waals surface area contributed by atoms with Crippen molar-refractivity contribution >= 4 is 17.2 Å². The molecule has 0 aliphatic carbocycles. The fourth-order valence-electron chi connectivity index (χ4n) is 2.95. The van der Waals surface area contributed by atoms with Gasteiger partial charge in [0.15, 0.2) is 5.84 Å². The first-order chi connectivity index (χ1) is 12.1. The molecule has 25 heavy (non-hydrogen) atoms. The third-order valence-corrected chi connectivity index (χ3v) is 4.95. The highest BCUT2D eigenvalue weighted by Gasteiger charge is 2.18. The molecule has 0 aliphatic heterocycles. The minimum atomic E-state index is 0.0985. The van der Waals surface area contributed by atoms with Crippen LogP contribution in [0.25, 0.3) is 21.6 Å². The fraction of sp³-hybridized carbons (Fsp3) is 0.150. The molecule has 0 bridgehead atoms. The van der Waals surface area contributed by atoms with Gasteiger partial charge in [-0.1, -0.05) is 42.8 Å². The highest BCUT2D eigenvalue weighted by atomic mass is 32.1. The first-order valence-electron chi connectivity index (χ1n) is 8.12. The van der Waals surface area contributed by atoms with Crippen LogP contribution in [0.5, 0.6) is 5.75 Å². The summed E-state index contributed by atoms with van der Waals surface area (Å²) < 4.78 is 0. The Morgan fingerprint density at radius 2 is 1.92 bits per heavy atom. The van der Waals surface area contributed by atoms with Crippen LogP contribution in [0.1, 0.15) is 24.5 Å². The van der Waals surface area contributed by atoms with Crippen LogP contribution in [-0.2, 0) is 6.42 Å². The molecular formula is C20H20N2O2S. The summed E-state index contributed by atoms with van der Waals surface area (Å²) in [5.41, 5.74) is 10.8. The molecule has 0 spiro atoms. The Labute approximate surface area is 150 Å². The molecule has 5 heteroatoms. The molecule has 0 saturated carbocycles. The maximum atomic E-state index is 9.61. The van der Waals surface area contributed by atoms with E-state index in [-0.39, 0.29) is 11.6 Å². The Bertz CT molecular complexity index is 885. The number of nitrogens with zero attached hydrogens (tertiary/aromatic N) is 1. The summed E-state index contributed by atoms with van der Waals surface area (Å²) in [5, 5.41) is 24.1. The van der Waals surface area contributed by atoms with Crippen molar-refractivity contribution in [3.8, 4) is 27.3 Å². The molecule has 1 aromatic heterocycles. The summed E-state index contributed by atoms with van der Waals surface area (Å²) >= 11 is 1.61. The zero-order valence-electron chi connectivity index (χ0n) is 13.9. The number of phenols is 1. The average molecular weight is 352 g/mol. The molecule has 0 fully saturated rings. The highest BCUT2D eigenvalue weighted by Crippen LogP contribution is 2.39. The lowest BCUT2D eigenvalue weighted by Crippen LogP contribution is -2.15. The quantitative estimate of drug-likeness (QED) is 0.266. The molecule has 0 amide bonds. The van der Waals surface area contributed by atoms with Crippen molar-refractivity contribution in [3.05, 3.63) is 65.0 Å². The van der Waals surface area contributed by atoms with Crippen molar-refractivity contribution in [2.24, 2.45) is 10.9 Å². The number of phenolic OH excluding ortho intramolecular Hbond substituents is 1. The van der Waals surface area contributed by atoms with Gasteiger partial charge >= 0.3 is 0 Å². The minimum absolute atomic E-state index is 0.0985. The van der Waals surface area contributed by atoms with Crippen molar-refractivity contribution < 1.29 is 10.3 Å². The summed E-state index contributed by atoms with van der Waals surface area (Å²) in [6.07, 6.45) is 1.91. The van der Waals surface area contributed by atoms with Crippen LogP contribution >= 0.6 is 11.3 Å². The van der Waals surface area contributed by atoms with Gasteiger partial charge in [0.1, 0.15) is 5.75 Å². The zero-order chi connectivity index (χ0) is 17.8. The van der Waals surface area contributed by atoms with Gasteiger partial charge in [-0.2, -0.15) is 0 Å². The third-order valence-electron chi connectivity index (χ3n) is 4.07. The van der Waals surface area contributed by atoms with Crippen LogP contribution in [0, 0.1) is 0 Å². The second-order valence-corrected chi connectivity index (χ2v) is 6.77. The Morgan fingerprint density at radius 1 is 1.16 bits per heavy atom. The van der Waals surface area contributed by atoms with Gasteiger partial charge in [-0.3, -0.25) is 0 Å². The minimum Gasteiger partial charge on any atom is -0.508 e. The largest absolute Gasteiger partial charge is 0.508 e. The van der Waals surface area contributed by atoms with E-state index in [1.165, 1.54) is 0 Å². The van der Waals surface area contributed by atoms with E-state index >= 15 is 0 Å². The summed E-state index contributed by atoms with van der Waals surface area (Å²) in [5.74, 6) is 0.323. The first-order valence-corrected chi connectivity index (χ1v) is 9.00. The summed E-state index contributed by atoms with van der Waals surface area (Å²) in [6.45, 7) is 2.12. The number of aromatic hydroxyl groups is 1. The van der Waals surface area contributed by atoms with E-state index in [9.17, 15) is 10.3 Å². The van der Waals surface area contributed by atoms with Crippen LogP contribution in [0.3, 0.4) is 0 Å². The highest BCUT2D eigenvalue weighted by molar-refractivity contribution is 7.13. The van der Waals surface area contributed by atoms with Gasteiger partial charge < -0.3 is 16.0 Å². The molecule has 128 valence electrons. The number of aryl methyl sites for hydroxylation is 1.